The summed E-state index contributed by atoms with van der Waals surface area (Å²) in [7, 11) is -9.88. The molecule has 0 bridgehead atoms. The Morgan fingerprint density at radius 3 is 0.782 bits per heavy atom. The molecule has 0 fully saturated rings. The van der Waals surface area contributed by atoms with Gasteiger partial charge in [-0.1, -0.05) is 292 Å². The molecule has 17 nitrogen and oxygen atoms in total. The molecule has 0 aliphatic carbocycles. The van der Waals surface area contributed by atoms with Crippen LogP contribution in [-0.2, 0) is 65.4 Å². The Balaban J connectivity index is 5.10. The molecular formula is C68H132O17P2. The van der Waals surface area contributed by atoms with Gasteiger partial charge in [-0.05, 0) is 37.5 Å². The Labute approximate surface area is 530 Å². The van der Waals surface area contributed by atoms with Gasteiger partial charge in [0, 0.05) is 25.7 Å². The molecular weight excluding hydrogens is 1150 g/mol. The van der Waals surface area contributed by atoms with Crippen LogP contribution in [-0.4, -0.2) is 96.7 Å². The van der Waals surface area contributed by atoms with Crippen LogP contribution in [0.1, 0.15) is 343 Å². The Hall–Kier alpha value is -1.94. The summed E-state index contributed by atoms with van der Waals surface area (Å²) in [6.45, 7) is 9.46. The van der Waals surface area contributed by atoms with Crippen molar-refractivity contribution in [3.63, 3.8) is 0 Å². The van der Waals surface area contributed by atoms with Gasteiger partial charge in [0.1, 0.15) is 19.3 Å². The number of aliphatic hydroxyl groups excluding tert-OH is 1. The first-order valence-corrected chi connectivity index (χ1v) is 38.5. The second kappa shape index (κ2) is 60.3. The van der Waals surface area contributed by atoms with E-state index in [-0.39, 0.29) is 25.7 Å². The highest BCUT2D eigenvalue weighted by Crippen LogP contribution is 2.45. The topological polar surface area (TPSA) is 237 Å². The maximum absolute atomic E-state index is 13.0. The number of ether oxygens (including phenoxy) is 4. The number of rotatable bonds is 67. The third kappa shape index (κ3) is 62.6. The smallest absolute Gasteiger partial charge is 0.462 e. The van der Waals surface area contributed by atoms with E-state index in [1.54, 1.807) is 0 Å². The quantitative estimate of drug-likeness (QED) is 0.0222. The molecule has 2 unspecified atom stereocenters. The lowest BCUT2D eigenvalue weighted by Crippen LogP contribution is -2.30. The van der Waals surface area contributed by atoms with Gasteiger partial charge < -0.3 is 33.8 Å². The molecule has 5 atom stereocenters. The second-order valence-electron chi connectivity index (χ2n) is 25.5. The predicted molar refractivity (Wildman–Crippen MR) is 349 cm³/mol. The fourth-order valence-electron chi connectivity index (χ4n) is 10.2. The summed E-state index contributed by atoms with van der Waals surface area (Å²) in [4.78, 5) is 72.1. The highest BCUT2D eigenvalue weighted by atomic mass is 31.2. The summed E-state index contributed by atoms with van der Waals surface area (Å²) in [5.74, 6) is -0.574. The fourth-order valence-corrected chi connectivity index (χ4v) is 11.8. The SMILES string of the molecule is CCCCCCCCCC(=O)OC[C@H](COP(=O)(O)OC[C@H](O)COP(=O)(O)OC[C@@H](COC(=O)CCCCCCCCCCCC(C)C)OC(=O)CCCCCCCCCCCCCCCCCCCCC(C)C)OC(=O)CCCCCCCCC. The zero-order chi connectivity index (χ0) is 64.3. The van der Waals surface area contributed by atoms with Crippen molar-refractivity contribution in [2.75, 3.05) is 39.6 Å². The molecule has 0 aromatic rings. The molecule has 0 radical (unpaired) electrons. The zero-order valence-electron chi connectivity index (χ0n) is 56.3. The van der Waals surface area contributed by atoms with Crippen LogP contribution in [0, 0.1) is 11.8 Å². The van der Waals surface area contributed by atoms with E-state index in [1.807, 2.05) is 0 Å². The lowest BCUT2D eigenvalue weighted by atomic mass is 10.0. The minimum absolute atomic E-state index is 0.103. The highest BCUT2D eigenvalue weighted by molar-refractivity contribution is 7.47. The van der Waals surface area contributed by atoms with Crippen molar-refractivity contribution in [3.05, 3.63) is 0 Å². The number of phosphoric ester groups is 2. The molecule has 0 aromatic carbocycles. The molecule has 0 aromatic heterocycles. The molecule has 3 N–H and O–H groups in total. The fraction of sp³-hybridized carbons (Fsp3) is 0.941. The summed E-state index contributed by atoms with van der Waals surface area (Å²) in [5, 5.41) is 10.5. The van der Waals surface area contributed by atoms with Gasteiger partial charge in [0.25, 0.3) is 0 Å². The molecule has 87 heavy (non-hydrogen) atoms. The monoisotopic (exact) mass is 1280 g/mol. The Morgan fingerprint density at radius 1 is 0.310 bits per heavy atom. The minimum atomic E-state index is -4.95. The number of hydrogen-bond acceptors (Lipinski definition) is 15. The first-order chi connectivity index (χ1) is 41.9. The van der Waals surface area contributed by atoms with E-state index in [0.29, 0.717) is 25.7 Å². The van der Waals surface area contributed by atoms with E-state index in [1.165, 1.54) is 135 Å². The molecule has 0 spiro atoms. The number of unbranched alkanes of at least 4 members (excludes halogenated alkanes) is 37. The van der Waals surface area contributed by atoms with Crippen LogP contribution in [0.5, 0.6) is 0 Å². The zero-order valence-corrected chi connectivity index (χ0v) is 58.1. The number of carbonyl (C=O) groups excluding carboxylic acids is 4. The first kappa shape index (κ1) is 85.1. The molecule has 0 aliphatic rings. The molecule has 0 heterocycles. The maximum atomic E-state index is 13.0. The normalized spacial score (nSPS) is 14.2. The van der Waals surface area contributed by atoms with Gasteiger partial charge in [-0.15, -0.1) is 0 Å². The van der Waals surface area contributed by atoms with Gasteiger partial charge in [0.2, 0.25) is 0 Å². The molecule has 0 amide bonds. The van der Waals surface area contributed by atoms with Crippen molar-refractivity contribution in [1.29, 1.82) is 0 Å². The summed E-state index contributed by atoms with van der Waals surface area (Å²) in [6.07, 6.45) is 44.9. The van der Waals surface area contributed by atoms with Gasteiger partial charge in [-0.2, -0.15) is 0 Å². The van der Waals surface area contributed by atoms with E-state index in [9.17, 15) is 43.2 Å². The Kier molecular flexibility index (Phi) is 59.0. The van der Waals surface area contributed by atoms with Crippen LogP contribution in [0.15, 0.2) is 0 Å². The van der Waals surface area contributed by atoms with Gasteiger partial charge in [0.15, 0.2) is 12.2 Å². The van der Waals surface area contributed by atoms with Crippen LogP contribution in [0.3, 0.4) is 0 Å². The van der Waals surface area contributed by atoms with Crippen molar-refractivity contribution in [2.24, 2.45) is 11.8 Å². The van der Waals surface area contributed by atoms with Gasteiger partial charge in [0.05, 0.1) is 26.4 Å². The third-order valence-electron chi connectivity index (χ3n) is 15.7. The highest BCUT2D eigenvalue weighted by Gasteiger charge is 2.30. The number of hydrogen-bond donors (Lipinski definition) is 3. The van der Waals surface area contributed by atoms with E-state index >= 15 is 0 Å². The van der Waals surface area contributed by atoms with Crippen LogP contribution in [0.4, 0.5) is 0 Å². The standard InChI is InChI=1S/C68H132O17P2/c1-7-9-11-13-30-38-44-50-65(70)78-56-63(84-67(72)52-46-40-31-14-12-10-8-2)58-82-86(74,75)80-54-62(69)55-81-87(76,77)83-59-64(57-79-66(71)51-45-39-34-29-25-27-33-37-43-49-61(5)6)85-68(73)53-47-41-35-28-24-22-20-18-16-15-17-19-21-23-26-32-36-42-48-60(3)4/h60-64,69H,7-59H2,1-6H3,(H,74,75)(H,76,77)/t62-,63+,64+/m0/s1. The van der Waals surface area contributed by atoms with Crippen LogP contribution in [0.2, 0.25) is 0 Å². The summed E-state index contributed by atoms with van der Waals surface area (Å²) >= 11 is 0. The van der Waals surface area contributed by atoms with E-state index in [0.717, 1.165) is 127 Å². The predicted octanol–water partition coefficient (Wildman–Crippen LogP) is 19.2. The lowest BCUT2D eigenvalue weighted by Gasteiger charge is -2.21. The summed E-state index contributed by atoms with van der Waals surface area (Å²) < 4.78 is 67.9. The molecule has 19 heteroatoms. The maximum Gasteiger partial charge on any atom is 0.472 e. The van der Waals surface area contributed by atoms with Crippen molar-refractivity contribution in [1.82, 2.24) is 0 Å². The van der Waals surface area contributed by atoms with E-state index < -0.39 is 97.5 Å². The van der Waals surface area contributed by atoms with Crippen molar-refractivity contribution >= 4 is 39.5 Å². The summed E-state index contributed by atoms with van der Waals surface area (Å²) in [5.41, 5.74) is 0. The van der Waals surface area contributed by atoms with Crippen LogP contribution < -0.4 is 0 Å². The molecule has 516 valence electrons. The molecule has 0 rings (SSSR count). The van der Waals surface area contributed by atoms with E-state index in [4.69, 9.17) is 37.0 Å². The Bertz CT molecular complexity index is 1700. The van der Waals surface area contributed by atoms with Gasteiger partial charge in [-0.3, -0.25) is 37.3 Å². The van der Waals surface area contributed by atoms with Crippen molar-refractivity contribution < 1.29 is 80.2 Å². The number of aliphatic hydroxyl groups is 1. The van der Waals surface area contributed by atoms with Crippen molar-refractivity contribution in [2.45, 2.75) is 362 Å². The number of carbonyl (C=O) groups is 4. The molecule has 0 saturated heterocycles. The van der Waals surface area contributed by atoms with Crippen LogP contribution in [0.25, 0.3) is 0 Å². The van der Waals surface area contributed by atoms with Crippen molar-refractivity contribution in [3.8, 4) is 0 Å². The number of phosphoric acid groups is 2. The van der Waals surface area contributed by atoms with Gasteiger partial charge in [-0.25, -0.2) is 9.13 Å². The minimum Gasteiger partial charge on any atom is -0.462 e. The molecule has 0 saturated carbocycles. The second-order valence-corrected chi connectivity index (χ2v) is 28.4. The molecule has 0 aliphatic heterocycles. The van der Waals surface area contributed by atoms with Crippen LogP contribution >= 0.6 is 15.6 Å². The third-order valence-corrected chi connectivity index (χ3v) is 17.6. The average molecular weight is 1280 g/mol. The average Bonchev–Trinajstić information content (AvgIpc) is 3.60. The largest absolute Gasteiger partial charge is 0.472 e. The van der Waals surface area contributed by atoms with Gasteiger partial charge >= 0.3 is 39.5 Å². The Morgan fingerprint density at radius 2 is 0.529 bits per heavy atom. The lowest BCUT2D eigenvalue weighted by molar-refractivity contribution is -0.161. The first-order valence-electron chi connectivity index (χ1n) is 35.5. The van der Waals surface area contributed by atoms with E-state index in [2.05, 4.69) is 41.5 Å². The summed E-state index contributed by atoms with van der Waals surface area (Å²) in [6, 6.07) is 0. The number of esters is 4.